The number of fused-ring (bicyclic) bond motifs is 12. The van der Waals surface area contributed by atoms with E-state index in [9.17, 15) is 0 Å². The van der Waals surface area contributed by atoms with Crippen LogP contribution in [0.25, 0.3) is 67.3 Å². The average molecular weight is 755 g/mol. The van der Waals surface area contributed by atoms with Crippen molar-refractivity contribution in [2.45, 2.75) is 24.7 Å². The van der Waals surface area contributed by atoms with E-state index in [1.54, 1.807) is 0 Å². The molecule has 0 atom stereocenters. The second kappa shape index (κ2) is 12.6. The number of aromatic nitrogens is 2. The summed E-state index contributed by atoms with van der Waals surface area (Å²) in [6, 6.07) is 69.7. The van der Waals surface area contributed by atoms with Crippen molar-refractivity contribution in [1.29, 1.82) is 0 Å². The molecule has 278 valence electrons. The molecule has 3 heteroatoms. The Kier molecular flexibility index (Phi) is 7.19. The molecule has 0 radical (unpaired) electrons. The van der Waals surface area contributed by atoms with Gasteiger partial charge in [-0.05, 0) is 68.3 Å². The van der Waals surface area contributed by atoms with Gasteiger partial charge in [-0.15, -0.1) is 0 Å². The van der Waals surface area contributed by atoms with Gasteiger partial charge >= 0.3 is 0 Å². The fourth-order valence-electron chi connectivity index (χ4n) is 10.3. The van der Waals surface area contributed by atoms with Gasteiger partial charge in [0.05, 0.1) is 16.8 Å². The van der Waals surface area contributed by atoms with Gasteiger partial charge in [0.2, 0.25) is 0 Å². The van der Waals surface area contributed by atoms with Crippen molar-refractivity contribution in [2.75, 3.05) is 0 Å². The van der Waals surface area contributed by atoms with Crippen LogP contribution in [-0.2, 0) is 10.8 Å². The summed E-state index contributed by atoms with van der Waals surface area (Å²) in [7, 11) is 0. The Morgan fingerprint density at radius 2 is 0.864 bits per heavy atom. The molecule has 9 aromatic rings. The summed E-state index contributed by atoms with van der Waals surface area (Å²) in [5.41, 5.74) is 18.8. The highest BCUT2D eigenvalue weighted by Crippen LogP contribution is 2.63. The van der Waals surface area contributed by atoms with E-state index in [-0.39, 0.29) is 5.41 Å². The van der Waals surface area contributed by atoms with Crippen LogP contribution in [-0.4, -0.2) is 9.97 Å². The number of ether oxygens (including phenoxy) is 1. The van der Waals surface area contributed by atoms with E-state index in [0.717, 1.165) is 61.8 Å². The van der Waals surface area contributed by atoms with Crippen LogP contribution in [0, 0.1) is 0 Å². The third kappa shape index (κ3) is 4.76. The lowest BCUT2D eigenvalue weighted by Gasteiger charge is -2.40. The number of para-hydroxylation sites is 2. The number of benzene rings is 8. The van der Waals surface area contributed by atoms with Crippen molar-refractivity contribution >= 4 is 0 Å². The van der Waals surface area contributed by atoms with E-state index in [4.69, 9.17) is 14.7 Å². The Bertz CT molecular complexity index is 3130. The maximum absolute atomic E-state index is 7.10. The molecular formula is C56H38N2O. The van der Waals surface area contributed by atoms with E-state index in [0.29, 0.717) is 5.82 Å². The molecule has 12 rings (SSSR count). The average Bonchev–Trinajstić information content (AvgIpc) is 3.72. The second-order valence-corrected chi connectivity index (χ2v) is 16.4. The lowest BCUT2D eigenvalue weighted by molar-refractivity contribution is 0.438. The molecule has 0 N–H and O–H groups in total. The van der Waals surface area contributed by atoms with Crippen LogP contribution in [0.4, 0.5) is 0 Å². The normalized spacial score (nSPS) is 14.3. The van der Waals surface area contributed by atoms with Crippen molar-refractivity contribution in [3.63, 3.8) is 0 Å². The monoisotopic (exact) mass is 754 g/mol. The van der Waals surface area contributed by atoms with E-state index in [1.807, 2.05) is 6.07 Å². The van der Waals surface area contributed by atoms with Crippen LogP contribution in [0.2, 0.25) is 0 Å². The molecule has 0 saturated carbocycles. The highest BCUT2D eigenvalue weighted by molar-refractivity contribution is 5.93. The Morgan fingerprint density at radius 3 is 1.58 bits per heavy atom. The fraction of sp³-hybridized carbons (Fsp3) is 0.0714. The molecule has 1 aromatic heterocycles. The SMILES string of the molecule is CC1(C)c2ccccc2-c2ccc(-c3cc(-c4ccccc4)nc(-c4ccccc4-c4cccc5c4Oc4ccccc4C54c5ccccc5-c5ccccc54)n3)cc21. The molecule has 0 amide bonds. The van der Waals surface area contributed by atoms with E-state index < -0.39 is 5.41 Å². The zero-order valence-electron chi connectivity index (χ0n) is 32.8. The predicted octanol–water partition coefficient (Wildman–Crippen LogP) is 13.9. The lowest BCUT2D eigenvalue weighted by atomic mass is 9.65. The van der Waals surface area contributed by atoms with Gasteiger partial charge in [-0.2, -0.15) is 0 Å². The van der Waals surface area contributed by atoms with Gasteiger partial charge in [0.25, 0.3) is 0 Å². The minimum absolute atomic E-state index is 0.130. The molecule has 2 aliphatic carbocycles. The van der Waals surface area contributed by atoms with Crippen LogP contribution in [0.5, 0.6) is 11.5 Å². The van der Waals surface area contributed by atoms with Gasteiger partial charge in [0.1, 0.15) is 11.5 Å². The molecule has 2 heterocycles. The molecule has 0 fully saturated rings. The number of rotatable bonds is 4. The highest BCUT2D eigenvalue weighted by atomic mass is 16.5. The maximum atomic E-state index is 7.10. The standard InChI is InChI=1S/C56H38N2O/c1-55(2)44-25-11-8-20-38(44)41-32-31-36(33-49(41)55)51-34-50(35-17-4-3-5-18-35)57-54(58-51)43-23-7-6-19-37(43)42-24-16-29-48-53(42)59-52-30-15-14-28-47(52)56(48)45-26-12-9-21-39(45)40-22-10-13-27-46(40)56/h3-34H,1-2H3. The quantitative estimate of drug-likeness (QED) is 0.179. The predicted molar refractivity (Wildman–Crippen MR) is 239 cm³/mol. The minimum Gasteiger partial charge on any atom is -0.456 e. The molecule has 3 aliphatic rings. The number of hydrogen-bond acceptors (Lipinski definition) is 3. The largest absolute Gasteiger partial charge is 0.456 e. The van der Waals surface area contributed by atoms with Crippen LogP contribution >= 0.6 is 0 Å². The first-order chi connectivity index (χ1) is 29.0. The Hall–Kier alpha value is -7.36. The second-order valence-electron chi connectivity index (χ2n) is 16.4. The van der Waals surface area contributed by atoms with Crippen LogP contribution in [0.1, 0.15) is 47.2 Å². The topological polar surface area (TPSA) is 35.0 Å². The third-order valence-electron chi connectivity index (χ3n) is 13.0. The molecule has 59 heavy (non-hydrogen) atoms. The first-order valence-corrected chi connectivity index (χ1v) is 20.4. The fourth-order valence-corrected chi connectivity index (χ4v) is 10.3. The molecule has 3 nitrogen and oxygen atoms in total. The van der Waals surface area contributed by atoms with Crippen molar-refractivity contribution in [2.24, 2.45) is 0 Å². The summed E-state index contributed by atoms with van der Waals surface area (Å²) in [6.07, 6.45) is 0. The zero-order chi connectivity index (χ0) is 39.3. The van der Waals surface area contributed by atoms with Gasteiger partial charge in [-0.3, -0.25) is 0 Å². The van der Waals surface area contributed by atoms with Gasteiger partial charge in [0.15, 0.2) is 5.82 Å². The van der Waals surface area contributed by atoms with Crippen LogP contribution in [0.15, 0.2) is 194 Å². The van der Waals surface area contributed by atoms with Crippen LogP contribution < -0.4 is 4.74 Å². The molecule has 0 bridgehead atoms. The van der Waals surface area contributed by atoms with Gasteiger partial charge in [0, 0.05) is 38.8 Å². The summed E-state index contributed by atoms with van der Waals surface area (Å²) < 4.78 is 7.10. The van der Waals surface area contributed by atoms with Crippen molar-refractivity contribution in [1.82, 2.24) is 9.97 Å². The molecule has 1 spiro atoms. The Morgan fingerprint density at radius 1 is 0.356 bits per heavy atom. The van der Waals surface area contributed by atoms with Gasteiger partial charge in [-0.25, -0.2) is 9.97 Å². The smallest absolute Gasteiger partial charge is 0.161 e. The lowest BCUT2D eigenvalue weighted by Crippen LogP contribution is -2.32. The number of nitrogens with zero attached hydrogens (tertiary/aromatic N) is 2. The Balaban J connectivity index is 1.07. The first-order valence-electron chi connectivity index (χ1n) is 20.4. The van der Waals surface area contributed by atoms with Crippen LogP contribution in [0.3, 0.4) is 0 Å². The van der Waals surface area contributed by atoms with Crippen molar-refractivity contribution in [3.05, 3.63) is 228 Å². The maximum Gasteiger partial charge on any atom is 0.161 e. The van der Waals surface area contributed by atoms with Gasteiger partial charge in [-0.1, -0.05) is 190 Å². The molecule has 0 saturated heterocycles. The summed E-state index contributed by atoms with van der Waals surface area (Å²) in [5.74, 6) is 2.38. The van der Waals surface area contributed by atoms with Gasteiger partial charge < -0.3 is 4.74 Å². The van der Waals surface area contributed by atoms with Crippen molar-refractivity contribution < 1.29 is 4.74 Å². The summed E-state index contributed by atoms with van der Waals surface area (Å²) in [4.78, 5) is 10.8. The summed E-state index contributed by atoms with van der Waals surface area (Å²) >= 11 is 0. The molecule has 0 unspecified atom stereocenters. The number of hydrogen-bond donors (Lipinski definition) is 0. The molecular weight excluding hydrogens is 717 g/mol. The molecule has 1 aliphatic heterocycles. The third-order valence-corrected chi connectivity index (χ3v) is 13.0. The minimum atomic E-state index is -0.555. The highest BCUT2D eigenvalue weighted by Gasteiger charge is 2.51. The summed E-state index contributed by atoms with van der Waals surface area (Å²) in [6.45, 7) is 4.65. The van der Waals surface area contributed by atoms with Crippen molar-refractivity contribution in [3.8, 4) is 78.8 Å². The van der Waals surface area contributed by atoms with E-state index in [1.165, 1.54) is 44.5 Å². The Labute approximate surface area is 344 Å². The van der Waals surface area contributed by atoms with E-state index in [2.05, 4.69) is 202 Å². The summed E-state index contributed by atoms with van der Waals surface area (Å²) in [5, 5.41) is 0. The first kappa shape index (κ1) is 33.7. The molecule has 8 aromatic carbocycles. The zero-order valence-corrected chi connectivity index (χ0v) is 32.8. The van der Waals surface area contributed by atoms with E-state index >= 15 is 0 Å².